The van der Waals surface area contributed by atoms with E-state index >= 15 is 0 Å². The molecule has 0 saturated carbocycles. The second-order valence-electron chi connectivity index (χ2n) is 6.12. The molecule has 1 amide bonds. The molecule has 0 fully saturated rings. The Kier molecular flexibility index (Phi) is 6.13. The van der Waals surface area contributed by atoms with Gasteiger partial charge in [-0.25, -0.2) is 4.98 Å². The van der Waals surface area contributed by atoms with Gasteiger partial charge in [-0.15, -0.1) is 0 Å². The minimum atomic E-state index is -0.518. The van der Waals surface area contributed by atoms with Crippen LogP contribution in [-0.4, -0.2) is 37.2 Å². The number of aromatic nitrogens is 2. The van der Waals surface area contributed by atoms with Gasteiger partial charge in [0.25, 0.3) is 11.5 Å². The minimum Gasteiger partial charge on any atom is -0.497 e. The number of nitrogens with one attached hydrogen (secondary N) is 2. The zero-order valence-corrected chi connectivity index (χ0v) is 16.3. The lowest BCUT2D eigenvalue weighted by molar-refractivity contribution is 0.102. The van der Waals surface area contributed by atoms with E-state index < -0.39 is 11.5 Å². The smallest absolute Gasteiger partial charge is 0.274 e. The molecule has 1 aromatic heterocycles. The molecule has 0 bridgehead atoms. The summed E-state index contributed by atoms with van der Waals surface area (Å²) >= 11 is 0. The third-order valence-corrected chi connectivity index (χ3v) is 4.21. The van der Waals surface area contributed by atoms with E-state index in [2.05, 4.69) is 15.3 Å². The van der Waals surface area contributed by atoms with Crippen LogP contribution in [0, 0.1) is 0 Å². The summed E-state index contributed by atoms with van der Waals surface area (Å²) in [6.07, 6.45) is 0.367. The maximum atomic E-state index is 12.6. The van der Waals surface area contributed by atoms with Crippen LogP contribution in [-0.2, 0) is 6.42 Å². The van der Waals surface area contributed by atoms with Gasteiger partial charge in [-0.3, -0.25) is 9.59 Å². The summed E-state index contributed by atoms with van der Waals surface area (Å²) in [5.41, 5.74) is 0.964. The van der Waals surface area contributed by atoms with E-state index in [9.17, 15) is 9.59 Å². The summed E-state index contributed by atoms with van der Waals surface area (Å²) in [7, 11) is 4.62. The summed E-state index contributed by atoms with van der Waals surface area (Å²) in [5.74, 6) is 1.62. The van der Waals surface area contributed by atoms with Crippen LogP contribution in [0.5, 0.6) is 17.2 Å². The summed E-state index contributed by atoms with van der Waals surface area (Å²) < 4.78 is 15.6. The van der Waals surface area contributed by atoms with Crippen LogP contribution in [0.1, 0.15) is 21.9 Å². The lowest BCUT2D eigenvalue weighted by atomic mass is 10.1. The fraction of sp³-hybridized carbons (Fsp3) is 0.190. The van der Waals surface area contributed by atoms with Crippen molar-refractivity contribution < 1.29 is 19.0 Å². The second-order valence-corrected chi connectivity index (χ2v) is 6.12. The summed E-state index contributed by atoms with van der Waals surface area (Å²) in [5, 5.41) is 2.71. The molecule has 0 saturated heterocycles. The van der Waals surface area contributed by atoms with E-state index in [4.69, 9.17) is 14.2 Å². The lowest BCUT2D eigenvalue weighted by Crippen LogP contribution is -2.20. The third-order valence-electron chi connectivity index (χ3n) is 4.21. The van der Waals surface area contributed by atoms with E-state index in [1.807, 2.05) is 24.3 Å². The number of H-pyrrole nitrogens is 1. The first kappa shape index (κ1) is 19.9. The fourth-order valence-electron chi connectivity index (χ4n) is 2.73. The molecule has 29 heavy (non-hydrogen) atoms. The minimum absolute atomic E-state index is 0.00938. The highest BCUT2D eigenvalue weighted by molar-refractivity contribution is 6.03. The molecular weight excluding hydrogens is 374 g/mol. The van der Waals surface area contributed by atoms with E-state index in [0.717, 1.165) is 17.4 Å². The van der Waals surface area contributed by atoms with Gasteiger partial charge in [-0.1, -0.05) is 12.1 Å². The van der Waals surface area contributed by atoms with Crippen molar-refractivity contribution in [3.8, 4) is 17.2 Å². The molecule has 2 aromatic carbocycles. The number of nitrogens with zero attached hydrogens (tertiary/aromatic N) is 1. The number of amides is 1. The molecule has 1 heterocycles. The van der Waals surface area contributed by atoms with Crippen molar-refractivity contribution in [3.63, 3.8) is 0 Å². The molecule has 3 aromatic rings. The van der Waals surface area contributed by atoms with Crippen LogP contribution in [0.15, 0.2) is 53.3 Å². The Balaban J connectivity index is 1.81. The van der Waals surface area contributed by atoms with Crippen molar-refractivity contribution in [1.29, 1.82) is 0 Å². The van der Waals surface area contributed by atoms with Crippen molar-refractivity contribution in [1.82, 2.24) is 9.97 Å². The Labute approximate surface area is 167 Å². The van der Waals surface area contributed by atoms with Gasteiger partial charge in [0.15, 0.2) is 0 Å². The largest absolute Gasteiger partial charge is 0.497 e. The number of benzene rings is 2. The SMILES string of the molecule is COc1ccc(Cc2nc(C(=O)Nc3ccc(OC)cc3OC)cc(=O)[nH]2)cc1. The van der Waals surface area contributed by atoms with Gasteiger partial charge in [0.1, 0.15) is 28.8 Å². The molecule has 0 aliphatic carbocycles. The molecule has 0 radical (unpaired) electrons. The number of methoxy groups -OCH3 is 3. The maximum Gasteiger partial charge on any atom is 0.274 e. The van der Waals surface area contributed by atoms with Gasteiger partial charge < -0.3 is 24.5 Å². The lowest BCUT2D eigenvalue weighted by Gasteiger charge is -2.11. The number of hydrogen-bond donors (Lipinski definition) is 2. The Morgan fingerprint density at radius 1 is 0.966 bits per heavy atom. The molecular formula is C21H21N3O5. The standard InChI is InChI=1S/C21H21N3O5/c1-27-14-6-4-13(5-7-14)10-19-22-17(12-20(25)24-19)21(26)23-16-9-8-15(28-2)11-18(16)29-3/h4-9,11-12H,10H2,1-3H3,(H,23,26)(H,22,24,25). The average molecular weight is 395 g/mol. The highest BCUT2D eigenvalue weighted by atomic mass is 16.5. The first-order valence-corrected chi connectivity index (χ1v) is 8.79. The molecule has 0 atom stereocenters. The van der Waals surface area contributed by atoms with Crippen LogP contribution in [0.2, 0.25) is 0 Å². The number of carbonyl (C=O) groups excluding carboxylic acids is 1. The summed E-state index contributed by atoms with van der Waals surface area (Å²) in [6.45, 7) is 0. The molecule has 8 nitrogen and oxygen atoms in total. The maximum absolute atomic E-state index is 12.6. The fourth-order valence-corrected chi connectivity index (χ4v) is 2.73. The molecule has 0 aliphatic rings. The van der Waals surface area contributed by atoms with Crippen LogP contribution >= 0.6 is 0 Å². The van der Waals surface area contributed by atoms with Crippen LogP contribution < -0.4 is 25.1 Å². The Bertz CT molecular complexity index is 1060. The Morgan fingerprint density at radius 2 is 1.66 bits per heavy atom. The van der Waals surface area contributed by atoms with Gasteiger partial charge in [0, 0.05) is 18.6 Å². The molecule has 8 heteroatoms. The second kappa shape index (κ2) is 8.92. The third kappa shape index (κ3) is 4.92. The van der Waals surface area contributed by atoms with Gasteiger partial charge in [-0.2, -0.15) is 0 Å². The average Bonchev–Trinajstić information content (AvgIpc) is 2.74. The van der Waals surface area contributed by atoms with Crippen molar-refractivity contribution in [2.24, 2.45) is 0 Å². The predicted molar refractivity (Wildman–Crippen MR) is 108 cm³/mol. The molecule has 3 rings (SSSR count). The highest BCUT2D eigenvalue weighted by Gasteiger charge is 2.14. The first-order chi connectivity index (χ1) is 14.0. The normalized spacial score (nSPS) is 10.3. The van der Waals surface area contributed by atoms with Gasteiger partial charge in [0.2, 0.25) is 0 Å². The van der Waals surface area contributed by atoms with E-state index in [1.54, 1.807) is 25.3 Å². The summed E-state index contributed by atoms with van der Waals surface area (Å²) in [4.78, 5) is 31.6. The van der Waals surface area contributed by atoms with Crippen LogP contribution in [0.25, 0.3) is 0 Å². The topological polar surface area (TPSA) is 103 Å². The summed E-state index contributed by atoms with van der Waals surface area (Å²) in [6, 6.07) is 13.5. The molecule has 0 aliphatic heterocycles. The van der Waals surface area contributed by atoms with Crippen molar-refractivity contribution in [2.45, 2.75) is 6.42 Å². The van der Waals surface area contributed by atoms with Gasteiger partial charge in [-0.05, 0) is 29.8 Å². The predicted octanol–water partition coefficient (Wildman–Crippen LogP) is 2.64. The number of anilines is 1. The Hall–Kier alpha value is -3.81. The van der Waals surface area contributed by atoms with Crippen molar-refractivity contribution in [2.75, 3.05) is 26.6 Å². The van der Waals surface area contributed by atoms with E-state index in [0.29, 0.717) is 29.4 Å². The Morgan fingerprint density at radius 3 is 2.31 bits per heavy atom. The molecule has 150 valence electrons. The van der Waals surface area contributed by atoms with E-state index in [1.165, 1.54) is 14.2 Å². The highest BCUT2D eigenvalue weighted by Crippen LogP contribution is 2.29. The molecule has 0 spiro atoms. The van der Waals surface area contributed by atoms with Gasteiger partial charge >= 0.3 is 0 Å². The van der Waals surface area contributed by atoms with Crippen LogP contribution in [0.4, 0.5) is 5.69 Å². The van der Waals surface area contributed by atoms with E-state index in [-0.39, 0.29) is 5.69 Å². The number of rotatable bonds is 7. The quantitative estimate of drug-likeness (QED) is 0.638. The van der Waals surface area contributed by atoms with Crippen LogP contribution in [0.3, 0.4) is 0 Å². The van der Waals surface area contributed by atoms with Crippen molar-refractivity contribution in [3.05, 3.63) is 76.0 Å². The molecule has 0 unspecified atom stereocenters. The zero-order chi connectivity index (χ0) is 20.8. The van der Waals surface area contributed by atoms with Gasteiger partial charge in [0.05, 0.1) is 27.0 Å². The monoisotopic (exact) mass is 395 g/mol. The molecule has 2 N–H and O–H groups in total. The number of carbonyl (C=O) groups is 1. The number of aromatic amines is 1. The van der Waals surface area contributed by atoms with Crippen molar-refractivity contribution >= 4 is 11.6 Å². The number of ether oxygens (including phenoxy) is 3. The number of hydrogen-bond acceptors (Lipinski definition) is 6. The first-order valence-electron chi connectivity index (χ1n) is 8.79. The zero-order valence-electron chi connectivity index (χ0n) is 16.3.